The zero-order valence-corrected chi connectivity index (χ0v) is 15.1. The fraction of sp³-hybridized carbons (Fsp3) is 0.105. The van der Waals surface area contributed by atoms with Crippen molar-refractivity contribution in [1.82, 2.24) is 10.3 Å². The second kappa shape index (κ2) is 6.63. The van der Waals surface area contributed by atoms with Gasteiger partial charge in [0.1, 0.15) is 16.5 Å². The van der Waals surface area contributed by atoms with Crippen LogP contribution in [0.5, 0.6) is 0 Å². The number of hydrogen-bond acceptors (Lipinski definition) is 5. The van der Waals surface area contributed by atoms with Crippen LogP contribution in [0, 0.1) is 11.3 Å². The van der Waals surface area contributed by atoms with Gasteiger partial charge in [0, 0.05) is 23.6 Å². The Bertz CT molecular complexity index is 1220. The Morgan fingerprint density at radius 1 is 1.30 bits per heavy atom. The van der Waals surface area contributed by atoms with Crippen LogP contribution >= 0.6 is 11.3 Å². The number of benzene rings is 1. The highest BCUT2D eigenvalue weighted by molar-refractivity contribution is 7.20. The Morgan fingerprint density at radius 2 is 2.11 bits per heavy atom. The smallest absolute Gasteiger partial charge is 0.289 e. The summed E-state index contributed by atoms with van der Waals surface area (Å²) in [4.78, 5) is 19.8. The molecule has 0 aliphatic carbocycles. The zero-order chi connectivity index (χ0) is 19.0. The van der Waals surface area contributed by atoms with Crippen molar-refractivity contribution in [3.8, 4) is 6.07 Å². The molecule has 0 atom stereocenters. The maximum absolute atomic E-state index is 12.6. The van der Waals surface area contributed by atoms with Gasteiger partial charge in [-0.15, -0.1) is 0 Å². The minimum atomic E-state index is -0.237. The summed E-state index contributed by atoms with van der Waals surface area (Å²) in [6.45, 7) is 0.490. The summed E-state index contributed by atoms with van der Waals surface area (Å²) in [5, 5.41) is 13.8. The molecule has 0 radical (unpaired) electrons. The van der Waals surface area contributed by atoms with Crippen LogP contribution in [-0.2, 0) is 6.42 Å². The van der Waals surface area contributed by atoms with Gasteiger partial charge in [-0.2, -0.15) is 5.26 Å². The molecule has 3 heterocycles. The molecule has 0 saturated heterocycles. The van der Waals surface area contributed by atoms with Gasteiger partial charge >= 0.3 is 0 Å². The number of aromatic nitrogens is 2. The second-order valence-corrected chi connectivity index (χ2v) is 7.18. The molecular weight excluding hydrogens is 360 g/mol. The summed E-state index contributed by atoms with van der Waals surface area (Å²) in [6, 6.07) is 11.7. The monoisotopic (exact) mass is 377 g/mol. The number of amides is 1. The number of nitrogens with one attached hydrogen (secondary N) is 3. The van der Waals surface area contributed by atoms with Gasteiger partial charge in [-0.1, -0.05) is 29.5 Å². The van der Waals surface area contributed by atoms with Gasteiger partial charge in [0.15, 0.2) is 4.83 Å². The molecule has 7 N–H and O–H groups in total. The fourth-order valence-electron chi connectivity index (χ4n) is 3.10. The number of nitrogen functional groups attached to an aromatic ring is 2. The molecule has 1 amide bonds. The van der Waals surface area contributed by atoms with Crippen LogP contribution in [0.1, 0.15) is 20.8 Å². The van der Waals surface area contributed by atoms with Crippen LogP contribution in [0.15, 0.2) is 36.5 Å². The number of rotatable bonds is 4. The number of para-hydroxylation sites is 1. The van der Waals surface area contributed by atoms with Crippen LogP contribution < -0.4 is 21.8 Å². The number of nitriles is 1. The van der Waals surface area contributed by atoms with E-state index in [0.29, 0.717) is 39.3 Å². The number of H-pyrrole nitrogens is 2. The normalized spacial score (nSPS) is 10.9. The second-order valence-electron chi connectivity index (χ2n) is 6.16. The van der Waals surface area contributed by atoms with Crippen molar-refractivity contribution in [3.05, 3.63) is 52.5 Å². The number of fused-ring (bicyclic) bond motifs is 2. The number of pyridine rings is 1. The minimum absolute atomic E-state index is 0.237. The molecule has 0 spiro atoms. The SMILES string of the molecule is N#Cc1cc2c(N)c(C(=O)NCCc3c[nH]c4ccccc34)sc2[nH+]c1N. The first kappa shape index (κ1) is 16.9. The van der Waals surface area contributed by atoms with Crippen molar-refractivity contribution in [3.63, 3.8) is 0 Å². The highest BCUT2D eigenvalue weighted by atomic mass is 32.1. The molecule has 1 aromatic carbocycles. The van der Waals surface area contributed by atoms with E-state index in [4.69, 9.17) is 16.7 Å². The van der Waals surface area contributed by atoms with E-state index in [1.807, 2.05) is 30.5 Å². The highest BCUT2D eigenvalue weighted by Gasteiger charge is 2.20. The number of nitrogens with zero attached hydrogens (tertiary/aromatic N) is 1. The first-order valence-corrected chi connectivity index (χ1v) is 9.17. The molecule has 27 heavy (non-hydrogen) atoms. The predicted octanol–water partition coefficient (Wildman–Crippen LogP) is 2.21. The van der Waals surface area contributed by atoms with Gasteiger partial charge in [-0.05, 0) is 24.1 Å². The number of carbonyl (C=O) groups excluding carboxylic acids is 1. The number of carbonyl (C=O) groups is 1. The van der Waals surface area contributed by atoms with E-state index in [0.717, 1.165) is 16.5 Å². The zero-order valence-electron chi connectivity index (χ0n) is 14.3. The predicted molar refractivity (Wildman–Crippen MR) is 106 cm³/mol. The first-order valence-electron chi connectivity index (χ1n) is 8.35. The largest absolute Gasteiger partial charge is 0.397 e. The molecule has 7 nitrogen and oxygen atoms in total. The Kier molecular flexibility index (Phi) is 4.14. The summed E-state index contributed by atoms with van der Waals surface area (Å²) >= 11 is 1.23. The van der Waals surface area contributed by atoms with Crippen molar-refractivity contribution in [2.24, 2.45) is 0 Å². The Morgan fingerprint density at radius 3 is 2.93 bits per heavy atom. The van der Waals surface area contributed by atoms with E-state index in [2.05, 4.69) is 21.4 Å². The third-order valence-corrected chi connectivity index (χ3v) is 5.63. The van der Waals surface area contributed by atoms with Crippen LogP contribution in [0.3, 0.4) is 0 Å². The van der Waals surface area contributed by atoms with E-state index in [1.54, 1.807) is 6.07 Å². The molecule has 8 heteroatoms. The third kappa shape index (κ3) is 2.94. The molecule has 0 aliphatic heterocycles. The maximum Gasteiger partial charge on any atom is 0.289 e. The average Bonchev–Trinajstić information content (AvgIpc) is 3.22. The fourth-order valence-corrected chi connectivity index (χ4v) is 4.12. The highest BCUT2D eigenvalue weighted by Crippen LogP contribution is 2.32. The van der Waals surface area contributed by atoms with Crippen molar-refractivity contribution in [2.75, 3.05) is 18.0 Å². The molecule has 4 aromatic rings. The quantitative estimate of drug-likeness (QED) is 0.433. The lowest BCUT2D eigenvalue weighted by Gasteiger charge is -2.04. The minimum Gasteiger partial charge on any atom is -0.397 e. The van der Waals surface area contributed by atoms with Gasteiger partial charge in [0.2, 0.25) is 0 Å². The van der Waals surface area contributed by atoms with E-state index in [1.165, 1.54) is 11.3 Å². The van der Waals surface area contributed by atoms with Crippen molar-refractivity contribution in [2.45, 2.75) is 6.42 Å². The summed E-state index contributed by atoms with van der Waals surface area (Å²) in [5.41, 5.74) is 14.8. The Labute approximate surface area is 158 Å². The number of hydrogen-bond donors (Lipinski definition) is 4. The van der Waals surface area contributed by atoms with Gasteiger partial charge in [0.25, 0.3) is 11.7 Å². The Balaban J connectivity index is 1.51. The number of aromatic amines is 2. The molecule has 0 bridgehead atoms. The molecule has 134 valence electrons. The van der Waals surface area contributed by atoms with Crippen LogP contribution in [-0.4, -0.2) is 17.4 Å². The van der Waals surface area contributed by atoms with Gasteiger partial charge in [-0.3, -0.25) is 10.5 Å². The standard InChI is InChI=1S/C19H16N6OS/c20-8-11-7-13-15(21)16(27-19(13)25-17(11)22)18(26)23-6-5-10-9-24-14-4-2-1-3-12(10)14/h1-4,7,9,24H,5-6,21H2,(H2,22,25)(H,23,26)/p+1. The number of nitrogens with two attached hydrogens (primary N) is 2. The summed E-state index contributed by atoms with van der Waals surface area (Å²) < 4.78 is 0. The van der Waals surface area contributed by atoms with Gasteiger partial charge in [-0.25, -0.2) is 4.98 Å². The lowest BCUT2D eigenvalue weighted by molar-refractivity contribution is -0.323. The molecule has 4 rings (SSSR count). The number of thiophene rings is 1. The van der Waals surface area contributed by atoms with Crippen LogP contribution in [0.25, 0.3) is 21.1 Å². The van der Waals surface area contributed by atoms with Crippen molar-refractivity contribution >= 4 is 49.9 Å². The lowest BCUT2D eigenvalue weighted by atomic mass is 10.1. The summed E-state index contributed by atoms with van der Waals surface area (Å²) in [5.74, 6) is 0.0246. The first-order chi connectivity index (χ1) is 13.1. The van der Waals surface area contributed by atoms with Gasteiger partial charge in [0.05, 0.1) is 11.1 Å². The van der Waals surface area contributed by atoms with Crippen molar-refractivity contribution in [1.29, 1.82) is 5.26 Å². The van der Waals surface area contributed by atoms with E-state index >= 15 is 0 Å². The molecule has 0 aliphatic rings. The van der Waals surface area contributed by atoms with E-state index in [9.17, 15) is 4.79 Å². The van der Waals surface area contributed by atoms with Crippen LogP contribution in [0.4, 0.5) is 11.5 Å². The van der Waals surface area contributed by atoms with E-state index in [-0.39, 0.29) is 11.7 Å². The summed E-state index contributed by atoms with van der Waals surface area (Å²) in [6.07, 6.45) is 2.67. The molecular formula is C19H17N6OS+. The summed E-state index contributed by atoms with van der Waals surface area (Å²) in [7, 11) is 0. The van der Waals surface area contributed by atoms with Crippen molar-refractivity contribution < 1.29 is 9.78 Å². The lowest BCUT2D eigenvalue weighted by Crippen LogP contribution is -2.25. The number of anilines is 2. The third-order valence-electron chi connectivity index (χ3n) is 4.49. The topological polar surface area (TPSA) is 135 Å². The average molecular weight is 377 g/mol. The maximum atomic E-state index is 12.6. The van der Waals surface area contributed by atoms with E-state index < -0.39 is 0 Å². The molecule has 0 fully saturated rings. The van der Waals surface area contributed by atoms with Gasteiger partial charge < -0.3 is 16.0 Å². The molecule has 0 unspecified atom stereocenters. The van der Waals surface area contributed by atoms with Crippen LogP contribution in [0.2, 0.25) is 0 Å². The Hall–Kier alpha value is -3.57. The molecule has 0 saturated carbocycles. The molecule has 3 aromatic heterocycles.